The molecule has 13 heavy (non-hydrogen) atoms. The summed E-state index contributed by atoms with van der Waals surface area (Å²) >= 11 is 3.35. The van der Waals surface area contributed by atoms with Crippen molar-refractivity contribution in [2.24, 2.45) is 16.7 Å². The van der Waals surface area contributed by atoms with Gasteiger partial charge >= 0.3 is 0 Å². The third-order valence-corrected chi connectivity index (χ3v) is 4.27. The zero-order chi connectivity index (χ0) is 10.3. The van der Waals surface area contributed by atoms with Gasteiger partial charge in [-0.2, -0.15) is 0 Å². The molecule has 2 heteroatoms. The third-order valence-electron chi connectivity index (χ3n) is 3.98. The summed E-state index contributed by atoms with van der Waals surface area (Å²) < 4.78 is 1.03. The highest BCUT2D eigenvalue weighted by atomic mass is 79.9. The van der Waals surface area contributed by atoms with E-state index in [9.17, 15) is 0 Å². The maximum atomic E-state index is 3.80. The van der Waals surface area contributed by atoms with E-state index in [1.165, 1.54) is 0 Å². The van der Waals surface area contributed by atoms with Gasteiger partial charge in [0, 0.05) is 11.0 Å². The predicted octanol–water partition coefficient (Wildman–Crippen LogP) is 3.17. The second-order valence-electron chi connectivity index (χ2n) is 5.14. The van der Waals surface area contributed by atoms with E-state index in [-0.39, 0.29) is 0 Å². The van der Waals surface area contributed by atoms with Crippen molar-refractivity contribution in [3.05, 3.63) is 11.1 Å². The van der Waals surface area contributed by atoms with Crippen molar-refractivity contribution in [1.82, 2.24) is 5.32 Å². The van der Waals surface area contributed by atoms with Crippen LogP contribution in [0.3, 0.4) is 0 Å². The molecule has 1 aliphatic carbocycles. The summed E-state index contributed by atoms with van der Waals surface area (Å²) in [6, 6.07) is 0. The van der Waals surface area contributed by atoms with E-state index in [4.69, 9.17) is 0 Å². The average molecular weight is 246 g/mol. The van der Waals surface area contributed by atoms with E-state index in [0.717, 1.165) is 23.5 Å². The first-order valence-corrected chi connectivity index (χ1v) is 5.63. The predicted molar refractivity (Wildman–Crippen MR) is 62.0 cm³/mol. The Morgan fingerprint density at radius 1 is 1.31 bits per heavy atom. The normalized spacial score (nSPS) is 24.4. The van der Waals surface area contributed by atoms with Gasteiger partial charge in [0.25, 0.3) is 0 Å². The van der Waals surface area contributed by atoms with Crippen LogP contribution in [0.4, 0.5) is 0 Å². The molecule has 76 valence electrons. The van der Waals surface area contributed by atoms with Crippen molar-refractivity contribution < 1.29 is 0 Å². The van der Waals surface area contributed by atoms with E-state index in [1.807, 2.05) is 0 Å². The summed E-state index contributed by atoms with van der Waals surface area (Å²) in [4.78, 5) is 0. The van der Waals surface area contributed by atoms with Gasteiger partial charge in [-0.15, -0.1) is 0 Å². The molecule has 1 aliphatic rings. The number of halogens is 1. The Hall–Kier alpha value is 0.180. The lowest BCUT2D eigenvalue weighted by molar-refractivity contribution is 0.457. The van der Waals surface area contributed by atoms with Gasteiger partial charge < -0.3 is 5.32 Å². The lowest BCUT2D eigenvalue weighted by Gasteiger charge is -2.04. The number of nitrogens with one attached hydrogen (secondary N) is 1. The molecule has 1 nitrogen and oxygen atoms in total. The largest absolute Gasteiger partial charge is 0.312 e. The van der Waals surface area contributed by atoms with Crippen LogP contribution in [0.15, 0.2) is 11.1 Å². The number of rotatable bonds is 4. The molecule has 0 aromatic carbocycles. The zero-order valence-corrected chi connectivity index (χ0v) is 10.7. The van der Waals surface area contributed by atoms with E-state index >= 15 is 0 Å². The second-order valence-corrected chi connectivity index (χ2v) is 6.27. The smallest absolute Gasteiger partial charge is 0.0265 e. The molecule has 0 heterocycles. The van der Waals surface area contributed by atoms with Gasteiger partial charge in [0.05, 0.1) is 0 Å². The van der Waals surface area contributed by atoms with Gasteiger partial charge in [-0.25, -0.2) is 0 Å². The van der Waals surface area contributed by atoms with Gasteiger partial charge in [0.1, 0.15) is 0 Å². The molecule has 1 rings (SSSR count). The van der Waals surface area contributed by atoms with Crippen molar-refractivity contribution in [3.63, 3.8) is 0 Å². The molecule has 0 aromatic heterocycles. The van der Waals surface area contributed by atoms with Gasteiger partial charge in [-0.1, -0.05) is 50.2 Å². The highest BCUT2D eigenvalue weighted by molar-refractivity contribution is 9.11. The van der Waals surface area contributed by atoms with E-state index in [2.05, 4.69) is 55.5 Å². The molecule has 0 spiro atoms. The Morgan fingerprint density at radius 3 is 2.08 bits per heavy atom. The summed E-state index contributed by atoms with van der Waals surface area (Å²) in [7, 11) is 0. The Bertz CT molecular complexity index is 204. The summed E-state index contributed by atoms with van der Waals surface area (Å²) in [6.45, 7) is 15.2. The molecule has 0 saturated heterocycles. The van der Waals surface area contributed by atoms with Crippen LogP contribution >= 0.6 is 15.9 Å². The van der Waals surface area contributed by atoms with Crippen LogP contribution in [0, 0.1) is 16.7 Å². The highest BCUT2D eigenvalue weighted by Crippen LogP contribution is 2.67. The molecule has 0 atom stereocenters. The van der Waals surface area contributed by atoms with Crippen molar-refractivity contribution in [1.29, 1.82) is 0 Å². The van der Waals surface area contributed by atoms with Crippen LogP contribution in [-0.2, 0) is 0 Å². The van der Waals surface area contributed by atoms with Crippen LogP contribution in [-0.4, -0.2) is 13.1 Å². The minimum Gasteiger partial charge on any atom is -0.312 e. The summed E-state index contributed by atoms with van der Waals surface area (Å²) in [5.74, 6) is 0.798. The molecule has 0 bridgehead atoms. The molecule has 1 fully saturated rings. The molecule has 0 aliphatic heterocycles. The molecule has 0 unspecified atom stereocenters. The van der Waals surface area contributed by atoms with Gasteiger partial charge in [-0.05, 0) is 23.3 Å². The first kappa shape index (κ1) is 11.3. The first-order valence-electron chi connectivity index (χ1n) is 4.84. The molecule has 0 radical (unpaired) electrons. The van der Waals surface area contributed by atoms with Gasteiger partial charge in [0.2, 0.25) is 0 Å². The lowest BCUT2D eigenvalue weighted by atomic mass is 10.0. The van der Waals surface area contributed by atoms with Crippen molar-refractivity contribution in [3.8, 4) is 0 Å². The Morgan fingerprint density at radius 2 is 1.77 bits per heavy atom. The van der Waals surface area contributed by atoms with Crippen LogP contribution in [0.5, 0.6) is 0 Å². The maximum absolute atomic E-state index is 3.80. The third kappa shape index (κ3) is 1.99. The highest BCUT2D eigenvalue weighted by Gasteiger charge is 2.63. The Kier molecular flexibility index (Phi) is 2.94. The fourth-order valence-electron chi connectivity index (χ4n) is 2.20. The summed E-state index contributed by atoms with van der Waals surface area (Å²) in [6.07, 6.45) is 0. The molecule has 0 aromatic rings. The maximum Gasteiger partial charge on any atom is 0.0265 e. The monoisotopic (exact) mass is 245 g/mol. The van der Waals surface area contributed by atoms with E-state index in [1.54, 1.807) is 0 Å². The number of hydrogen-bond acceptors (Lipinski definition) is 1. The van der Waals surface area contributed by atoms with Crippen LogP contribution in [0.2, 0.25) is 0 Å². The van der Waals surface area contributed by atoms with Crippen molar-refractivity contribution in [2.45, 2.75) is 27.7 Å². The molecule has 1 saturated carbocycles. The van der Waals surface area contributed by atoms with Crippen molar-refractivity contribution in [2.75, 3.05) is 13.1 Å². The van der Waals surface area contributed by atoms with Crippen molar-refractivity contribution >= 4 is 15.9 Å². The summed E-state index contributed by atoms with van der Waals surface area (Å²) in [5, 5.41) is 3.41. The zero-order valence-electron chi connectivity index (χ0n) is 9.08. The topological polar surface area (TPSA) is 12.0 Å². The molecular formula is C11H20BrN. The van der Waals surface area contributed by atoms with Crippen LogP contribution in [0.1, 0.15) is 27.7 Å². The van der Waals surface area contributed by atoms with E-state index < -0.39 is 0 Å². The Balaban J connectivity index is 2.30. The molecule has 1 N–H and O–H groups in total. The van der Waals surface area contributed by atoms with Crippen LogP contribution in [0.25, 0.3) is 0 Å². The second kappa shape index (κ2) is 3.39. The quantitative estimate of drug-likeness (QED) is 0.803. The van der Waals surface area contributed by atoms with E-state index in [0.29, 0.717) is 10.8 Å². The SMILES string of the molecule is C=C(Br)CNCC1C(C)(C)C1(C)C. The lowest BCUT2D eigenvalue weighted by Crippen LogP contribution is -2.20. The Labute approximate surface area is 90.1 Å². The van der Waals surface area contributed by atoms with Gasteiger partial charge in [-0.3, -0.25) is 0 Å². The standard InChI is InChI=1S/C11H20BrN/c1-8(12)6-13-7-9-10(2,3)11(9,4)5/h9,13H,1,6-7H2,2-5H3. The molecule has 0 amide bonds. The number of hydrogen-bond donors (Lipinski definition) is 1. The molecular weight excluding hydrogens is 226 g/mol. The first-order chi connectivity index (χ1) is 5.80. The fourth-order valence-corrected chi connectivity index (χ4v) is 2.39. The summed E-state index contributed by atoms with van der Waals surface area (Å²) in [5.41, 5.74) is 0.987. The minimum atomic E-state index is 0.494. The van der Waals surface area contributed by atoms with Crippen LogP contribution < -0.4 is 5.32 Å². The fraction of sp³-hybridized carbons (Fsp3) is 0.818. The average Bonchev–Trinajstić information content (AvgIpc) is 2.30. The minimum absolute atomic E-state index is 0.494. The van der Waals surface area contributed by atoms with Gasteiger partial charge in [0.15, 0.2) is 0 Å².